The summed E-state index contributed by atoms with van der Waals surface area (Å²) in [6, 6.07) is 11.9. The Morgan fingerprint density at radius 3 is 2.46 bits per heavy atom. The van der Waals surface area contributed by atoms with E-state index in [-0.39, 0.29) is 25.5 Å². The van der Waals surface area contributed by atoms with Gasteiger partial charge in [0.25, 0.3) is 5.09 Å². The van der Waals surface area contributed by atoms with E-state index >= 15 is 0 Å². The summed E-state index contributed by atoms with van der Waals surface area (Å²) in [4.78, 5) is 27.6. The van der Waals surface area contributed by atoms with Crippen LogP contribution in [0.5, 0.6) is 0 Å². The van der Waals surface area contributed by atoms with Gasteiger partial charge in [-0.15, -0.1) is 10.1 Å². The molecule has 1 atom stereocenters. The number of hydrogen-bond donors (Lipinski definition) is 0. The highest BCUT2D eigenvalue weighted by Crippen LogP contribution is 2.44. The van der Waals surface area contributed by atoms with E-state index in [1.807, 2.05) is 37.3 Å². The van der Waals surface area contributed by atoms with Crippen molar-refractivity contribution in [2.45, 2.75) is 18.2 Å². The maximum Gasteiger partial charge on any atom is 0.310 e. The summed E-state index contributed by atoms with van der Waals surface area (Å²) in [6.45, 7) is 2.11. The molecule has 1 unspecified atom stereocenters. The average molecular weight is 538 g/mol. The molecule has 0 bridgehead atoms. The summed E-state index contributed by atoms with van der Waals surface area (Å²) in [7, 11) is 1.77. The first kappa shape index (κ1) is 27.0. The Bertz CT molecular complexity index is 1180. The number of hydrogen-bond acceptors (Lipinski definition) is 8. The predicted octanol–water partition coefficient (Wildman–Crippen LogP) is 5.41. The van der Waals surface area contributed by atoms with Crippen molar-refractivity contribution < 1.29 is 28.1 Å². The van der Waals surface area contributed by atoms with Crippen molar-refractivity contribution in [3.63, 3.8) is 0 Å². The van der Waals surface area contributed by atoms with Crippen molar-refractivity contribution in [2.75, 3.05) is 31.0 Å². The van der Waals surface area contributed by atoms with Crippen LogP contribution in [0.2, 0.25) is 0 Å². The molecule has 0 aromatic heterocycles. The van der Waals surface area contributed by atoms with Crippen LogP contribution in [0.3, 0.4) is 0 Å². The van der Waals surface area contributed by atoms with Crippen LogP contribution in [0.25, 0.3) is 17.2 Å². The summed E-state index contributed by atoms with van der Waals surface area (Å²) in [5.74, 6) is 0.185. The van der Waals surface area contributed by atoms with Crippen LogP contribution in [-0.2, 0) is 25.2 Å². The fourth-order valence-corrected chi connectivity index (χ4v) is 5.72. The molecule has 1 aliphatic rings. The molecule has 2 aromatic rings. The topological polar surface area (TPSA) is 95.7 Å². The van der Waals surface area contributed by atoms with Crippen molar-refractivity contribution in [1.29, 1.82) is 0 Å². The molecule has 2 aromatic carbocycles. The third-order valence-electron chi connectivity index (χ3n) is 5.17. The van der Waals surface area contributed by atoms with Gasteiger partial charge in [-0.3, -0.25) is 9.00 Å². The van der Waals surface area contributed by atoms with E-state index in [4.69, 9.17) is 4.74 Å². The highest BCUT2D eigenvalue weighted by molar-refractivity contribution is 8.76. The average Bonchev–Trinajstić information content (AvgIpc) is 3.06. The van der Waals surface area contributed by atoms with Crippen LogP contribution in [0.1, 0.15) is 30.0 Å². The third kappa shape index (κ3) is 7.68. The monoisotopic (exact) mass is 537 g/mol. The van der Waals surface area contributed by atoms with E-state index in [0.29, 0.717) is 17.1 Å². The second kappa shape index (κ2) is 12.9. The van der Waals surface area contributed by atoms with Gasteiger partial charge in [0.1, 0.15) is 19.0 Å². The minimum atomic E-state index is -1.06. The van der Waals surface area contributed by atoms with Gasteiger partial charge < -0.3 is 9.57 Å². The number of benzene rings is 2. The number of halogens is 1. The first-order valence-electron chi connectivity index (χ1n) is 10.6. The Labute approximate surface area is 213 Å². The molecule has 0 N–H and O–H groups in total. The lowest BCUT2D eigenvalue weighted by atomic mass is 10.0. The van der Waals surface area contributed by atoms with Gasteiger partial charge in [-0.1, -0.05) is 39.8 Å². The number of rotatable bonds is 12. The van der Waals surface area contributed by atoms with E-state index in [2.05, 4.69) is 4.84 Å². The zero-order chi connectivity index (χ0) is 25.4. The molecule has 186 valence electrons. The van der Waals surface area contributed by atoms with Crippen LogP contribution >= 0.6 is 21.6 Å². The number of fused-ring (bicyclic) bond motifs is 1. The molecule has 0 amide bonds. The highest BCUT2D eigenvalue weighted by atomic mass is 33.1. The normalized spacial score (nSPS) is 14.7. The number of carbonyl (C=O) groups is 1. The van der Waals surface area contributed by atoms with Crippen molar-refractivity contribution in [1.82, 2.24) is 0 Å². The van der Waals surface area contributed by atoms with Crippen molar-refractivity contribution in [3.8, 4) is 0 Å². The number of nitrogens with zero attached hydrogens (tertiary/aromatic N) is 1. The molecule has 3 rings (SSSR count). The number of ether oxygens (including phenoxy) is 1. The third-order valence-corrected chi connectivity index (χ3v) is 8.44. The predicted molar refractivity (Wildman–Crippen MR) is 139 cm³/mol. The Morgan fingerprint density at radius 2 is 1.80 bits per heavy atom. The molecule has 7 nitrogen and oxygen atoms in total. The van der Waals surface area contributed by atoms with Gasteiger partial charge in [0.05, 0.1) is 6.42 Å². The summed E-state index contributed by atoms with van der Waals surface area (Å²) in [6.07, 6.45) is 3.62. The molecule has 0 spiro atoms. The fraction of sp³-hybridized carbons (Fsp3) is 0.292. The second-order valence-electron chi connectivity index (χ2n) is 7.47. The van der Waals surface area contributed by atoms with Crippen molar-refractivity contribution in [3.05, 3.63) is 80.7 Å². The molecule has 0 heterocycles. The summed E-state index contributed by atoms with van der Waals surface area (Å²) < 4.78 is 31.0. The molecule has 35 heavy (non-hydrogen) atoms. The van der Waals surface area contributed by atoms with E-state index in [9.17, 15) is 23.5 Å². The molecule has 0 radical (unpaired) electrons. The number of esters is 1. The maximum atomic E-state index is 14.1. The molecule has 11 heteroatoms. The molecule has 0 aliphatic heterocycles. The summed E-state index contributed by atoms with van der Waals surface area (Å²) in [5.41, 5.74) is 4.93. The zero-order valence-corrected chi connectivity index (χ0v) is 21.6. The lowest BCUT2D eigenvalue weighted by molar-refractivity contribution is -0.756. The Balaban J connectivity index is 1.65. The van der Waals surface area contributed by atoms with Crippen LogP contribution in [0.4, 0.5) is 4.39 Å². The molecule has 0 saturated carbocycles. The highest BCUT2D eigenvalue weighted by Gasteiger charge is 2.26. The second-order valence-corrected chi connectivity index (χ2v) is 11.6. The smallest absolute Gasteiger partial charge is 0.310 e. The fourth-order valence-electron chi connectivity index (χ4n) is 3.55. The van der Waals surface area contributed by atoms with Gasteiger partial charge >= 0.3 is 5.97 Å². The lowest BCUT2D eigenvalue weighted by Crippen LogP contribution is -2.08. The van der Waals surface area contributed by atoms with Crippen LogP contribution in [-0.4, -0.2) is 46.2 Å². The molecule has 0 saturated heterocycles. The van der Waals surface area contributed by atoms with E-state index in [1.54, 1.807) is 12.3 Å². The number of carbonyl (C=O) groups excluding carboxylic acids is 1. The SMILES string of the molecule is CC1=C(CC(=O)OCCSSCCO[N+](=O)[O-])c2cc(F)ccc2/C1=C/c1ccc(S(C)=O)cc1. The molecular formula is C24H24FNO6S3. The van der Waals surface area contributed by atoms with Gasteiger partial charge in [0.15, 0.2) is 0 Å². The number of allylic oxidation sites excluding steroid dienone is 2. The van der Waals surface area contributed by atoms with E-state index in [1.165, 1.54) is 33.7 Å². The van der Waals surface area contributed by atoms with Gasteiger partial charge in [0, 0.05) is 33.5 Å². The van der Waals surface area contributed by atoms with Gasteiger partial charge in [-0.05, 0) is 70.7 Å². The standard InChI is InChI=1S/C24H24FNO6S3/c1-16-21(13-17-3-6-19(7-4-17)35(2)30)20-8-5-18(25)14-23(20)22(16)15-24(27)31-9-11-33-34-12-10-32-26(28)29/h3-8,13-14H,9-12,15H2,1-2H3/b21-13+. The Hall–Kier alpha value is -2.63. The molecule has 0 fully saturated rings. The molecule has 1 aliphatic carbocycles. The van der Waals surface area contributed by atoms with E-state index in [0.717, 1.165) is 32.7 Å². The van der Waals surface area contributed by atoms with Crippen molar-refractivity contribution >= 4 is 55.6 Å². The largest absolute Gasteiger partial charge is 0.465 e. The van der Waals surface area contributed by atoms with Gasteiger partial charge in [-0.2, -0.15) is 0 Å². The molecular weight excluding hydrogens is 513 g/mol. The van der Waals surface area contributed by atoms with Gasteiger partial charge in [-0.25, -0.2) is 4.39 Å². The summed E-state index contributed by atoms with van der Waals surface area (Å²) >= 11 is 0. The van der Waals surface area contributed by atoms with Crippen molar-refractivity contribution in [2.24, 2.45) is 0 Å². The minimum Gasteiger partial charge on any atom is -0.465 e. The lowest BCUT2D eigenvalue weighted by Gasteiger charge is -2.08. The Kier molecular flexibility index (Phi) is 9.93. The first-order chi connectivity index (χ1) is 16.8. The first-order valence-corrected chi connectivity index (χ1v) is 14.6. The zero-order valence-electron chi connectivity index (χ0n) is 19.2. The summed E-state index contributed by atoms with van der Waals surface area (Å²) in [5, 5.41) is 9.26. The van der Waals surface area contributed by atoms with Crippen LogP contribution in [0, 0.1) is 15.9 Å². The maximum absolute atomic E-state index is 14.1. The van der Waals surface area contributed by atoms with Crippen LogP contribution in [0.15, 0.2) is 52.9 Å². The minimum absolute atomic E-state index is 0.00591. The quantitative estimate of drug-likeness (QED) is 0.117. The Morgan fingerprint density at radius 1 is 1.11 bits per heavy atom. The van der Waals surface area contributed by atoms with Crippen LogP contribution < -0.4 is 0 Å². The van der Waals surface area contributed by atoms with Gasteiger partial charge in [0.2, 0.25) is 0 Å². The van der Waals surface area contributed by atoms with E-state index < -0.39 is 21.9 Å².